The van der Waals surface area contributed by atoms with E-state index in [1.165, 1.54) is 18.2 Å². The highest BCUT2D eigenvalue weighted by molar-refractivity contribution is 7.99. The van der Waals surface area contributed by atoms with E-state index >= 15 is 0 Å². The molecule has 0 N–H and O–H groups in total. The maximum absolute atomic E-state index is 12.6. The molecule has 0 radical (unpaired) electrons. The highest BCUT2D eigenvalue weighted by Gasteiger charge is 2.20. The SMILES string of the molecule is CCCN(C(=O)CSc1nnc(-c2ccco2)o1)C1=CCCCC1. The summed E-state index contributed by atoms with van der Waals surface area (Å²) in [5, 5.41) is 8.28. The summed E-state index contributed by atoms with van der Waals surface area (Å²) in [6, 6.07) is 3.52. The van der Waals surface area contributed by atoms with Crippen molar-refractivity contribution in [3.05, 3.63) is 30.2 Å². The Kier molecular flexibility index (Phi) is 5.74. The molecule has 2 aromatic rings. The minimum Gasteiger partial charge on any atom is -0.459 e. The van der Waals surface area contributed by atoms with Crippen LogP contribution in [0.15, 0.2) is 44.2 Å². The lowest BCUT2D eigenvalue weighted by molar-refractivity contribution is -0.126. The molecule has 1 aliphatic carbocycles. The zero-order valence-electron chi connectivity index (χ0n) is 13.7. The number of carbonyl (C=O) groups excluding carboxylic acids is 1. The van der Waals surface area contributed by atoms with Crippen molar-refractivity contribution in [3.63, 3.8) is 0 Å². The summed E-state index contributed by atoms with van der Waals surface area (Å²) in [7, 11) is 0. The van der Waals surface area contributed by atoms with E-state index in [0.29, 0.717) is 16.9 Å². The molecule has 1 aliphatic rings. The van der Waals surface area contributed by atoms with Crippen molar-refractivity contribution in [1.29, 1.82) is 0 Å². The fourth-order valence-electron chi connectivity index (χ4n) is 2.69. The molecule has 24 heavy (non-hydrogen) atoms. The maximum Gasteiger partial charge on any atom is 0.284 e. The van der Waals surface area contributed by atoms with Crippen molar-refractivity contribution in [2.45, 2.75) is 44.3 Å². The van der Waals surface area contributed by atoms with Crippen LogP contribution >= 0.6 is 11.8 Å². The molecule has 0 atom stereocenters. The summed E-state index contributed by atoms with van der Waals surface area (Å²) >= 11 is 1.26. The third-order valence-corrected chi connectivity index (χ3v) is 4.62. The lowest BCUT2D eigenvalue weighted by Gasteiger charge is -2.27. The van der Waals surface area contributed by atoms with Crippen LogP contribution in [-0.2, 0) is 4.79 Å². The fraction of sp³-hybridized carbons (Fsp3) is 0.471. The fourth-order valence-corrected chi connectivity index (χ4v) is 3.33. The number of hydrogen-bond donors (Lipinski definition) is 0. The summed E-state index contributed by atoms with van der Waals surface area (Å²) < 4.78 is 10.7. The van der Waals surface area contributed by atoms with E-state index in [-0.39, 0.29) is 11.7 Å². The van der Waals surface area contributed by atoms with Crippen LogP contribution in [0.1, 0.15) is 39.0 Å². The second kappa shape index (κ2) is 8.19. The smallest absolute Gasteiger partial charge is 0.284 e. The van der Waals surface area contributed by atoms with E-state index in [1.54, 1.807) is 18.4 Å². The summed E-state index contributed by atoms with van der Waals surface area (Å²) in [4.78, 5) is 14.5. The summed E-state index contributed by atoms with van der Waals surface area (Å²) in [6.45, 7) is 2.84. The molecule has 0 aliphatic heterocycles. The van der Waals surface area contributed by atoms with Gasteiger partial charge >= 0.3 is 0 Å². The number of nitrogens with zero attached hydrogens (tertiary/aromatic N) is 3. The van der Waals surface area contributed by atoms with Gasteiger partial charge in [-0.25, -0.2) is 0 Å². The number of aromatic nitrogens is 2. The molecule has 0 saturated heterocycles. The van der Waals surface area contributed by atoms with Crippen LogP contribution in [0.2, 0.25) is 0 Å². The van der Waals surface area contributed by atoms with Crippen LogP contribution in [-0.4, -0.2) is 33.3 Å². The monoisotopic (exact) mass is 347 g/mol. The van der Waals surface area contributed by atoms with Crippen LogP contribution in [0.25, 0.3) is 11.7 Å². The average Bonchev–Trinajstić information content (AvgIpc) is 3.29. The molecule has 7 heteroatoms. The van der Waals surface area contributed by atoms with E-state index in [9.17, 15) is 4.79 Å². The number of rotatable bonds is 7. The minimum atomic E-state index is 0.0905. The van der Waals surface area contributed by atoms with E-state index in [4.69, 9.17) is 8.83 Å². The van der Waals surface area contributed by atoms with Gasteiger partial charge in [0.25, 0.3) is 11.1 Å². The van der Waals surface area contributed by atoms with Gasteiger partial charge in [-0.3, -0.25) is 4.79 Å². The Morgan fingerprint density at radius 3 is 3.00 bits per heavy atom. The Morgan fingerprint density at radius 1 is 1.38 bits per heavy atom. The lowest BCUT2D eigenvalue weighted by Crippen LogP contribution is -2.33. The minimum absolute atomic E-state index is 0.0905. The Balaban J connectivity index is 1.60. The summed E-state index contributed by atoms with van der Waals surface area (Å²) in [5.41, 5.74) is 1.16. The summed E-state index contributed by atoms with van der Waals surface area (Å²) in [5.74, 6) is 1.24. The molecule has 0 fully saturated rings. The van der Waals surface area contributed by atoms with Crippen molar-refractivity contribution in [3.8, 4) is 11.7 Å². The van der Waals surface area contributed by atoms with Crippen LogP contribution < -0.4 is 0 Å². The van der Waals surface area contributed by atoms with Gasteiger partial charge in [-0.15, -0.1) is 10.2 Å². The first-order valence-corrected chi connectivity index (χ1v) is 9.26. The third kappa shape index (κ3) is 4.08. The molecule has 0 aromatic carbocycles. The Labute approximate surface area is 145 Å². The van der Waals surface area contributed by atoms with Crippen molar-refractivity contribution in [1.82, 2.24) is 15.1 Å². The van der Waals surface area contributed by atoms with Gasteiger partial charge in [0.05, 0.1) is 12.0 Å². The predicted octanol–water partition coefficient (Wildman–Crippen LogP) is 4.12. The molecule has 3 rings (SSSR count). The number of hydrogen-bond acceptors (Lipinski definition) is 6. The van der Waals surface area contributed by atoms with Gasteiger partial charge in [0.1, 0.15) is 0 Å². The molecule has 2 aromatic heterocycles. The maximum atomic E-state index is 12.6. The van der Waals surface area contributed by atoms with Crippen molar-refractivity contribution >= 4 is 17.7 Å². The van der Waals surface area contributed by atoms with Crippen LogP contribution in [0.3, 0.4) is 0 Å². The Morgan fingerprint density at radius 2 is 2.29 bits per heavy atom. The summed E-state index contributed by atoms with van der Waals surface area (Å²) in [6.07, 6.45) is 9.11. The molecular weight excluding hydrogens is 326 g/mol. The van der Waals surface area contributed by atoms with Crippen molar-refractivity contribution in [2.24, 2.45) is 0 Å². The predicted molar refractivity (Wildman–Crippen MR) is 91.3 cm³/mol. The van der Waals surface area contributed by atoms with Gasteiger partial charge in [-0.2, -0.15) is 0 Å². The quantitative estimate of drug-likeness (QED) is 0.702. The first-order chi connectivity index (χ1) is 11.8. The number of thioether (sulfide) groups is 1. The van der Waals surface area contributed by atoms with Crippen LogP contribution in [0.4, 0.5) is 0 Å². The third-order valence-electron chi connectivity index (χ3n) is 3.82. The first-order valence-electron chi connectivity index (χ1n) is 8.27. The largest absolute Gasteiger partial charge is 0.459 e. The van der Waals surface area contributed by atoms with E-state index < -0.39 is 0 Å². The Bertz CT molecular complexity index is 694. The molecule has 1 amide bonds. The Hall–Kier alpha value is -2.02. The normalized spacial score (nSPS) is 14.5. The molecular formula is C17H21N3O3S. The standard InChI is InChI=1S/C17H21N3O3S/c1-2-10-20(13-7-4-3-5-8-13)15(21)12-24-17-19-18-16(23-17)14-9-6-11-22-14/h6-7,9,11H,2-5,8,10,12H2,1H3. The van der Waals surface area contributed by atoms with Crippen LogP contribution in [0.5, 0.6) is 0 Å². The van der Waals surface area contributed by atoms with Gasteiger partial charge in [-0.05, 0) is 44.2 Å². The number of allylic oxidation sites excluding steroid dienone is 2. The number of amides is 1. The topological polar surface area (TPSA) is 72.4 Å². The van der Waals surface area contributed by atoms with Gasteiger partial charge in [-0.1, -0.05) is 24.8 Å². The van der Waals surface area contributed by atoms with Gasteiger partial charge < -0.3 is 13.7 Å². The molecule has 2 heterocycles. The zero-order valence-corrected chi connectivity index (χ0v) is 14.6. The van der Waals surface area contributed by atoms with Crippen molar-refractivity contribution in [2.75, 3.05) is 12.3 Å². The van der Waals surface area contributed by atoms with Gasteiger partial charge in [0.15, 0.2) is 5.76 Å². The van der Waals surface area contributed by atoms with Gasteiger partial charge in [0, 0.05) is 12.2 Å². The second-order valence-electron chi connectivity index (χ2n) is 5.63. The zero-order chi connectivity index (χ0) is 16.8. The molecule has 128 valence electrons. The van der Waals surface area contributed by atoms with E-state index in [1.807, 2.05) is 4.90 Å². The van der Waals surface area contributed by atoms with Crippen molar-refractivity contribution < 1.29 is 13.6 Å². The highest BCUT2D eigenvalue weighted by Crippen LogP contribution is 2.25. The second-order valence-corrected chi connectivity index (χ2v) is 6.55. The first kappa shape index (κ1) is 16.8. The highest BCUT2D eigenvalue weighted by atomic mass is 32.2. The number of carbonyl (C=O) groups is 1. The lowest BCUT2D eigenvalue weighted by atomic mass is 10.0. The number of furan rings is 1. The van der Waals surface area contributed by atoms with E-state index in [0.717, 1.165) is 37.9 Å². The average molecular weight is 347 g/mol. The molecule has 6 nitrogen and oxygen atoms in total. The molecule has 0 spiro atoms. The van der Waals surface area contributed by atoms with Crippen LogP contribution in [0, 0.1) is 0 Å². The molecule has 0 bridgehead atoms. The van der Waals surface area contributed by atoms with E-state index in [2.05, 4.69) is 23.2 Å². The molecule has 0 saturated carbocycles. The molecule has 0 unspecified atom stereocenters. The van der Waals surface area contributed by atoms with Gasteiger partial charge in [0.2, 0.25) is 5.91 Å².